The predicted octanol–water partition coefficient (Wildman–Crippen LogP) is 1.09. The molecule has 0 aliphatic carbocycles. The highest BCUT2D eigenvalue weighted by molar-refractivity contribution is 8.00. The van der Waals surface area contributed by atoms with E-state index in [0.717, 1.165) is 17.1 Å². The molecule has 4 nitrogen and oxygen atoms in total. The highest BCUT2D eigenvalue weighted by atomic mass is 32.2. The summed E-state index contributed by atoms with van der Waals surface area (Å²) in [6.45, 7) is 3.80. The summed E-state index contributed by atoms with van der Waals surface area (Å²) in [4.78, 5) is 34.8. The van der Waals surface area contributed by atoms with Crippen LogP contribution in [0.4, 0.5) is 0 Å². The molecule has 2 amide bonds. The van der Waals surface area contributed by atoms with E-state index in [-0.39, 0.29) is 23.5 Å². The Kier molecular flexibility index (Phi) is 4.39. The number of hydrogen-bond donors (Lipinski definition) is 0. The summed E-state index contributed by atoms with van der Waals surface area (Å²) in [6.07, 6.45) is 0.258. The number of thioether (sulfide) groups is 1. The zero-order chi connectivity index (χ0) is 13.0. The minimum absolute atomic E-state index is 0.162. The van der Waals surface area contributed by atoms with Crippen LogP contribution in [0.25, 0.3) is 0 Å². The number of imide groups is 1. The second-order valence-electron chi connectivity index (χ2n) is 4.21. The molecule has 1 aliphatic rings. The van der Waals surface area contributed by atoms with Gasteiger partial charge in [-0.3, -0.25) is 14.5 Å². The predicted molar refractivity (Wildman–Crippen MR) is 63.1 cm³/mol. The van der Waals surface area contributed by atoms with Gasteiger partial charge in [-0.1, -0.05) is 13.8 Å². The second-order valence-corrected chi connectivity index (χ2v) is 5.52. The molecule has 1 fully saturated rings. The summed E-state index contributed by atoms with van der Waals surface area (Å²) < 4.78 is 6.79. The Bertz CT molecular complexity index is 333. The van der Waals surface area contributed by atoms with Gasteiger partial charge in [0.25, 0.3) is 0 Å². The fourth-order valence-corrected chi connectivity index (χ4v) is 2.88. The van der Waals surface area contributed by atoms with Gasteiger partial charge in [-0.15, -0.1) is 11.8 Å². The zero-order valence-electron chi connectivity index (χ0n) is 10.6. The molecule has 0 bridgehead atoms. The first-order valence-corrected chi connectivity index (χ1v) is 6.42. The Balaban J connectivity index is 2.47. The van der Waals surface area contributed by atoms with Crippen molar-refractivity contribution in [3.63, 3.8) is 0 Å². The molecule has 1 saturated heterocycles. The molecule has 0 radical (unpaired) electrons. The van der Waals surface area contributed by atoms with E-state index in [4.69, 9.17) is 1.37 Å². The first-order chi connectivity index (χ1) is 7.91. The summed E-state index contributed by atoms with van der Waals surface area (Å²) in [5.41, 5.74) is 0. The molecule has 1 aliphatic heterocycles. The highest BCUT2D eigenvalue weighted by Gasteiger charge is 2.38. The van der Waals surface area contributed by atoms with Gasteiger partial charge in [0.15, 0.2) is 0 Å². The molecule has 16 heavy (non-hydrogen) atoms. The van der Waals surface area contributed by atoms with Gasteiger partial charge >= 0.3 is 0 Å². The van der Waals surface area contributed by atoms with Gasteiger partial charge in [0, 0.05) is 6.42 Å². The summed E-state index contributed by atoms with van der Waals surface area (Å²) in [6, 6.07) is 0. The molecule has 0 spiro atoms. The lowest BCUT2D eigenvalue weighted by Gasteiger charge is -2.11. The number of likely N-dealkylation sites (tertiary alicyclic amines) is 1. The van der Waals surface area contributed by atoms with Crippen molar-refractivity contribution in [2.75, 3.05) is 12.3 Å². The quantitative estimate of drug-likeness (QED) is 0.518. The molecule has 0 aromatic carbocycles. The van der Waals surface area contributed by atoms with Gasteiger partial charge in [-0.2, -0.15) is 0 Å². The van der Waals surface area contributed by atoms with E-state index in [1.165, 1.54) is 11.8 Å². The van der Waals surface area contributed by atoms with Crippen LogP contribution in [0, 0.1) is 5.92 Å². The lowest BCUT2D eigenvalue weighted by Crippen LogP contribution is -2.32. The molecule has 1 rings (SSSR count). The van der Waals surface area contributed by atoms with Crippen molar-refractivity contribution >= 4 is 29.8 Å². The number of amides is 2. The number of rotatable bonds is 6. The van der Waals surface area contributed by atoms with E-state index in [1.54, 1.807) is 0 Å². The molecule has 0 saturated carbocycles. The minimum atomic E-state index is -0.903. The Morgan fingerprint density at radius 2 is 2.31 bits per heavy atom. The molecule has 0 aromatic heterocycles. The van der Waals surface area contributed by atoms with Crippen molar-refractivity contribution < 1.29 is 15.8 Å². The van der Waals surface area contributed by atoms with Crippen LogP contribution in [0.2, 0.25) is 0 Å². The largest absolute Gasteiger partial charge is 0.301 e. The molecule has 90 valence electrons. The van der Waals surface area contributed by atoms with Crippen molar-refractivity contribution in [1.29, 1.82) is 0 Å². The van der Waals surface area contributed by atoms with Crippen LogP contribution in [0.3, 0.4) is 0 Å². The topological polar surface area (TPSA) is 54.5 Å². The normalized spacial score (nSPS) is 21.8. The van der Waals surface area contributed by atoms with E-state index in [9.17, 15) is 14.4 Å². The smallest absolute Gasteiger partial charge is 0.243 e. The third-order valence-electron chi connectivity index (χ3n) is 2.44. The highest BCUT2D eigenvalue weighted by Crippen LogP contribution is 2.26. The third-order valence-corrected chi connectivity index (χ3v) is 3.68. The first kappa shape index (κ1) is 11.6. The molecule has 0 N–H and O–H groups in total. The lowest BCUT2D eigenvalue weighted by atomic mass is 10.2. The van der Waals surface area contributed by atoms with Crippen LogP contribution in [-0.2, 0) is 14.4 Å². The van der Waals surface area contributed by atoms with Gasteiger partial charge in [0.05, 0.1) is 11.8 Å². The van der Waals surface area contributed by atoms with E-state index in [1.807, 2.05) is 0 Å². The van der Waals surface area contributed by atoms with Crippen molar-refractivity contribution in [2.24, 2.45) is 5.92 Å². The maximum Gasteiger partial charge on any atom is 0.243 e. The lowest BCUT2D eigenvalue weighted by molar-refractivity contribution is -0.139. The van der Waals surface area contributed by atoms with Crippen LogP contribution in [0.15, 0.2) is 0 Å². The van der Waals surface area contributed by atoms with Crippen molar-refractivity contribution in [3.05, 3.63) is 0 Å². The molecule has 0 aromatic rings. The fourth-order valence-electron chi connectivity index (χ4n) is 1.46. The minimum Gasteiger partial charge on any atom is -0.301 e. The van der Waals surface area contributed by atoms with Crippen LogP contribution < -0.4 is 0 Å². The van der Waals surface area contributed by atoms with Crippen molar-refractivity contribution in [3.8, 4) is 0 Å². The van der Waals surface area contributed by atoms with Gasteiger partial charge < -0.3 is 4.79 Å². The number of hydrogen-bond acceptors (Lipinski definition) is 4. The number of carbonyl (C=O) groups excluding carboxylic acids is 3. The number of nitrogens with zero attached hydrogens (tertiary/aromatic N) is 1. The number of carbonyl (C=O) groups is 3. The maximum absolute atomic E-state index is 11.8. The third kappa shape index (κ3) is 3.33. The SMILES string of the molecule is [2H]C(=O)CN1C(=O)CC(SCCC(C)C)C1=O. The standard InChI is InChI=1S/C11H17NO3S/c1-8(2)3-6-16-9-7-10(14)12(4-5-13)11(9)15/h5,8-9H,3-4,6-7H2,1-2H3/i5D. The van der Waals surface area contributed by atoms with Crippen molar-refractivity contribution in [2.45, 2.75) is 31.9 Å². The molecule has 1 heterocycles. The van der Waals surface area contributed by atoms with E-state index in [2.05, 4.69) is 13.8 Å². The van der Waals surface area contributed by atoms with Gasteiger partial charge in [-0.05, 0) is 18.1 Å². The molecular weight excluding hydrogens is 226 g/mol. The molecule has 5 heteroatoms. The van der Waals surface area contributed by atoms with Gasteiger partial charge in [-0.25, -0.2) is 0 Å². The monoisotopic (exact) mass is 244 g/mol. The second kappa shape index (κ2) is 6.03. The summed E-state index contributed by atoms with van der Waals surface area (Å²) in [5, 5.41) is -0.361. The Morgan fingerprint density at radius 3 is 2.88 bits per heavy atom. The van der Waals surface area contributed by atoms with Crippen LogP contribution in [-0.4, -0.2) is 40.5 Å². The van der Waals surface area contributed by atoms with E-state index in [0.29, 0.717) is 5.92 Å². The summed E-state index contributed by atoms with van der Waals surface area (Å²) >= 11 is 1.47. The van der Waals surface area contributed by atoms with Crippen molar-refractivity contribution in [1.82, 2.24) is 4.90 Å². The Hall–Kier alpha value is -0.840. The average molecular weight is 244 g/mol. The Morgan fingerprint density at radius 1 is 1.62 bits per heavy atom. The first-order valence-electron chi connectivity index (χ1n) is 5.87. The molecule has 1 unspecified atom stereocenters. The molecular formula is C11H17NO3S. The van der Waals surface area contributed by atoms with Crippen LogP contribution in [0.5, 0.6) is 0 Å². The van der Waals surface area contributed by atoms with Gasteiger partial charge in [0.2, 0.25) is 11.8 Å². The van der Waals surface area contributed by atoms with Crippen LogP contribution in [0.1, 0.15) is 28.1 Å². The average Bonchev–Trinajstić information content (AvgIpc) is 2.45. The Labute approximate surface area is 101 Å². The maximum atomic E-state index is 11.8. The zero-order valence-corrected chi connectivity index (χ0v) is 10.4. The van der Waals surface area contributed by atoms with Crippen LogP contribution >= 0.6 is 11.8 Å². The fraction of sp³-hybridized carbons (Fsp3) is 0.727. The van der Waals surface area contributed by atoms with E-state index < -0.39 is 12.8 Å². The summed E-state index contributed by atoms with van der Waals surface area (Å²) in [5.74, 6) is 0.756. The number of aldehydes is 1. The molecule has 1 atom stereocenters. The van der Waals surface area contributed by atoms with E-state index >= 15 is 0 Å². The summed E-state index contributed by atoms with van der Waals surface area (Å²) in [7, 11) is 0. The van der Waals surface area contributed by atoms with Gasteiger partial charge in [0.1, 0.15) is 7.63 Å².